The number of carboxylic acid groups (broad SMARTS) is 1. The van der Waals surface area contributed by atoms with Gasteiger partial charge in [-0.1, -0.05) is 0 Å². The first-order chi connectivity index (χ1) is 11.4. The number of nitrogens with one attached hydrogen (secondary N) is 1. The third kappa shape index (κ3) is 3.32. The summed E-state index contributed by atoms with van der Waals surface area (Å²) in [6, 6.07) is 1.45. The van der Waals surface area contributed by atoms with E-state index >= 15 is 0 Å². The molecule has 0 unspecified atom stereocenters. The molecule has 0 radical (unpaired) electrons. The van der Waals surface area contributed by atoms with Gasteiger partial charge in [-0.3, -0.25) is 9.59 Å². The molecule has 1 aromatic heterocycles. The lowest BCUT2D eigenvalue weighted by Gasteiger charge is -2.25. The standard InChI is InChI=1S/C14H18N2O5S3/c17-12(15-9-14(2-3-14)13(18)19)11-10(1-6-23-11)24(20,21)16-4-7-22-8-5-16/h1,6H,2-5,7-9H2,(H,15,17)(H,18,19). The fraction of sp³-hybridized carbons (Fsp3) is 0.571. The van der Waals surface area contributed by atoms with Crippen LogP contribution < -0.4 is 5.32 Å². The van der Waals surface area contributed by atoms with Crippen molar-refractivity contribution in [2.24, 2.45) is 5.41 Å². The average Bonchev–Trinajstić information content (AvgIpc) is 3.20. The first-order valence-electron chi connectivity index (χ1n) is 7.54. The highest BCUT2D eigenvalue weighted by Crippen LogP contribution is 2.45. The number of thioether (sulfide) groups is 1. The predicted octanol–water partition coefficient (Wildman–Crippen LogP) is 1.08. The molecule has 3 rings (SSSR count). The number of hydrogen-bond acceptors (Lipinski definition) is 6. The number of rotatable bonds is 6. The molecule has 2 aliphatic rings. The van der Waals surface area contributed by atoms with Crippen LogP contribution in [0, 0.1) is 5.41 Å². The number of carbonyl (C=O) groups is 2. The van der Waals surface area contributed by atoms with Gasteiger partial charge in [-0.05, 0) is 24.3 Å². The van der Waals surface area contributed by atoms with Crippen LogP contribution in [-0.4, -0.2) is 60.8 Å². The van der Waals surface area contributed by atoms with Crippen molar-refractivity contribution in [1.29, 1.82) is 0 Å². The normalized spacial score (nSPS) is 20.5. The van der Waals surface area contributed by atoms with Crippen LogP contribution in [0.3, 0.4) is 0 Å². The van der Waals surface area contributed by atoms with E-state index in [4.69, 9.17) is 5.11 Å². The quantitative estimate of drug-likeness (QED) is 0.753. The molecule has 1 aliphatic heterocycles. The first kappa shape index (κ1) is 17.7. The van der Waals surface area contributed by atoms with E-state index in [-0.39, 0.29) is 16.3 Å². The van der Waals surface area contributed by atoms with E-state index in [9.17, 15) is 18.0 Å². The Labute approximate surface area is 148 Å². The maximum atomic E-state index is 12.7. The Bertz CT molecular complexity index is 748. The molecule has 24 heavy (non-hydrogen) atoms. The predicted molar refractivity (Wildman–Crippen MR) is 92.0 cm³/mol. The van der Waals surface area contributed by atoms with Crippen molar-refractivity contribution >= 4 is 45.0 Å². The summed E-state index contributed by atoms with van der Waals surface area (Å²) in [5, 5.41) is 13.3. The maximum absolute atomic E-state index is 12.7. The largest absolute Gasteiger partial charge is 0.481 e. The van der Waals surface area contributed by atoms with Crippen LogP contribution in [0.25, 0.3) is 0 Å². The van der Waals surface area contributed by atoms with Gasteiger partial charge in [0.1, 0.15) is 9.77 Å². The molecule has 132 valence electrons. The number of nitrogens with zero attached hydrogens (tertiary/aromatic N) is 1. The van der Waals surface area contributed by atoms with Gasteiger partial charge in [0.05, 0.1) is 5.41 Å². The molecule has 2 fully saturated rings. The van der Waals surface area contributed by atoms with Crippen molar-refractivity contribution in [2.45, 2.75) is 17.7 Å². The van der Waals surface area contributed by atoms with Crippen molar-refractivity contribution in [3.05, 3.63) is 16.3 Å². The van der Waals surface area contributed by atoms with Crippen LogP contribution >= 0.6 is 23.1 Å². The molecule has 2 heterocycles. The molecule has 1 saturated heterocycles. The van der Waals surface area contributed by atoms with Crippen LogP contribution in [0.5, 0.6) is 0 Å². The van der Waals surface area contributed by atoms with Gasteiger partial charge in [0.25, 0.3) is 5.91 Å². The highest BCUT2D eigenvalue weighted by atomic mass is 32.2. The maximum Gasteiger partial charge on any atom is 0.311 e. The van der Waals surface area contributed by atoms with E-state index in [1.54, 1.807) is 17.1 Å². The van der Waals surface area contributed by atoms with Crippen molar-refractivity contribution < 1.29 is 23.1 Å². The van der Waals surface area contributed by atoms with Gasteiger partial charge in [0.15, 0.2) is 0 Å². The highest BCUT2D eigenvalue weighted by molar-refractivity contribution is 7.99. The lowest BCUT2D eigenvalue weighted by Crippen LogP contribution is -2.39. The molecule has 0 atom stereocenters. The molecule has 10 heteroatoms. The second kappa shape index (κ2) is 6.66. The number of carbonyl (C=O) groups excluding carboxylic acids is 1. The molecule has 1 amide bonds. The van der Waals surface area contributed by atoms with Crippen molar-refractivity contribution in [3.63, 3.8) is 0 Å². The molecule has 7 nitrogen and oxygen atoms in total. The van der Waals surface area contributed by atoms with Crippen LogP contribution in [0.2, 0.25) is 0 Å². The van der Waals surface area contributed by atoms with Gasteiger partial charge in [-0.25, -0.2) is 8.42 Å². The number of carboxylic acids is 1. The van der Waals surface area contributed by atoms with Crippen LogP contribution in [-0.2, 0) is 14.8 Å². The zero-order valence-corrected chi connectivity index (χ0v) is 15.3. The number of sulfonamides is 1. The summed E-state index contributed by atoms with van der Waals surface area (Å²) in [4.78, 5) is 23.7. The minimum absolute atomic E-state index is 0.0112. The lowest BCUT2D eigenvalue weighted by atomic mass is 10.1. The SMILES string of the molecule is O=C(NCC1(C(=O)O)CC1)c1sccc1S(=O)(=O)N1CCSCC1. The number of hydrogen-bond donors (Lipinski definition) is 2. The zero-order chi connectivity index (χ0) is 17.4. The second-order valence-corrected chi connectivity index (χ2v) is 9.95. The summed E-state index contributed by atoms with van der Waals surface area (Å²) in [5.41, 5.74) is -0.879. The molecule has 0 spiro atoms. The summed E-state index contributed by atoms with van der Waals surface area (Å²) < 4.78 is 26.9. The highest BCUT2D eigenvalue weighted by Gasteiger charge is 2.50. The van der Waals surface area contributed by atoms with Gasteiger partial charge in [-0.2, -0.15) is 16.1 Å². The van der Waals surface area contributed by atoms with Gasteiger partial charge < -0.3 is 10.4 Å². The molecule has 1 aliphatic carbocycles. The Kier molecular flexibility index (Phi) is 4.92. The van der Waals surface area contributed by atoms with E-state index in [0.717, 1.165) is 22.8 Å². The summed E-state index contributed by atoms with van der Waals surface area (Å²) >= 11 is 2.76. The summed E-state index contributed by atoms with van der Waals surface area (Å²) in [6.45, 7) is 0.900. The first-order valence-corrected chi connectivity index (χ1v) is 11.0. The number of amides is 1. The summed E-state index contributed by atoms with van der Waals surface area (Å²) in [6.07, 6.45) is 1.06. The van der Waals surface area contributed by atoms with Gasteiger partial charge in [0.2, 0.25) is 10.0 Å². The molecular weight excluding hydrogens is 372 g/mol. The lowest BCUT2D eigenvalue weighted by molar-refractivity contribution is -0.143. The Morgan fingerprint density at radius 2 is 1.96 bits per heavy atom. The van der Waals surface area contributed by atoms with E-state index < -0.39 is 27.3 Å². The third-order valence-electron chi connectivity index (χ3n) is 4.32. The minimum Gasteiger partial charge on any atom is -0.481 e. The van der Waals surface area contributed by atoms with Gasteiger partial charge in [-0.15, -0.1) is 11.3 Å². The van der Waals surface area contributed by atoms with Crippen molar-refractivity contribution in [2.75, 3.05) is 31.1 Å². The molecule has 1 saturated carbocycles. The van der Waals surface area contributed by atoms with E-state index in [0.29, 0.717) is 25.9 Å². The average molecular weight is 391 g/mol. The molecular formula is C14H18N2O5S3. The van der Waals surface area contributed by atoms with Crippen LogP contribution in [0.15, 0.2) is 16.3 Å². The molecule has 1 aromatic rings. The molecule has 2 N–H and O–H groups in total. The molecule has 0 aromatic carbocycles. The number of aliphatic carboxylic acids is 1. The Morgan fingerprint density at radius 1 is 1.29 bits per heavy atom. The van der Waals surface area contributed by atoms with Crippen molar-refractivity contribution in [3.8, 4) is 0 Å². The summed E-state index contributed by atoms with van der Waals surface area (Å²) in [7, 11) is -3.70. The fourth-order valence-electron chi connectivity index (χ4n) is 2.54. The van der Waals surface area contributed by atoms with Crippen LogP contribution in [0.1, 0.15) is 22.5 Å². The van der Waals surface area contributed by atoms with E-state index in [1.165, 1.54) is 10.4 Å². The van der Waals surface area contributed by atoms with Crippen LogP contribution in [0.4, 0.5) is 0 Å². The minimum atomic E-state index is -3.70. The third-order valence-corrected chi connectivity index (χ3v) is 8.24. The smallest absolute Gasteiger partial charge is 0.311 e. The van der Waals surface area contributed by atoms with Gasteiger partial charge in [0, 0.05) is 31.1 Å². The fourth-order valence-corrected chi connectivity index (χ4v) is 6.43. The van der Waals surface area contributed by atoms with E-state index in [1.807, 2.05) is 0 Å². The Hall–Kier alpha value is -1.10. The monoisotopic (exact) mass is 390 g/mol. The number of thiophene rings is 1. The zero-order valence-electron chi connectivity index (χ0n) is 12.9. The molecule has 0 bridgehead atoms. The van der Waals surface area contributed by atoms with E-state index in [2.05, 4.69) is 5.32 Å². The topological polar surface area (TPSA) is 104 Å². The van der Waals surface area contributed by atoms with Gasteiger partial charge >= 0.3 is 5.97 Å². The second-order valence-electron chi connectivity index (χ2n) is 5.90. The van der Waals surface area contributed by atoms with Crippen molar-refractivity contribution in [1.82, 2.24) is 9.62 Å². The Balaban J connectivity index is 1.75. The summed E-state index contributed by atoms with van der Waals surface area (Å²) in [5.74, 6) is 0.0352. The Morgan fingerprint density at radius 3 is 2.54 bits per heavy atom.